The van der Waals surface area contributed by atoms with Crippen LogP contribution in [0.15, 0.2) is 5.16 Å². The highest BCUT2D eigenvalue weighted by Gasteiger charge is 2.35. The Bertz CT molecular complexity index is 501. The number of ether oxygens (including phenoxy) is 1. The van der Waals surface area contributed by atoms with Gasteiger partial charge in [-0.2, -0.15) is 0 Å². The largest absolute Gasteiger partial charge is 0.394 e. The maximum atomic E-state index is 9.19. The molecule has 0 radical (unpaired) electrons. The number of anilines is 3. The summed E-state index contributed by atoms with van der Waals surface area (Å²) in [4.78, 5) is 11.1. The summed E-state index contributed by atoms with van der Waals surface area (Å²) >= 11 is 1.52. The number of nitrogens with one attached hydrogen (secondary N) is 2. The van der Waals surface area contributed by atoms with Crippen molar-refractivity contribution in [2.45, 2.75) is 30.3 Å². The number of hydrogen-bond acceptors (Lipinski definition) is 8. The van der Waals surface area contributed by atoms with Gasteiger partial charge in [0.2, 0.25) is 0 Å². The van der Waals surface area contributed by atoms with Crippen LogP contribution in [0, 0.1) is 0 Å². The summed E-state index contributed by atoms with van der Waals surface area (Å²) in [6.07, 6.45) is 3.65. The molecule has 2 aliphatic heterocycles. The minimum atomic E-state index is -0.0605. The van der Waals surface area contributed by atoms with E-state index in [9.17, 15) is 5.11 Å². The quantitative estimate of drug-likeness (QED) is 0.559. The molecule has 1 saturated heterocycles. The fourth-order valence-corrected chi connectivity index (χ4v) is 2.96. The molecule has 2 aliphatic rings. The molecule has 1 aromatic heterocycles. The lowest BCUT2D eigenvalue weighted by molar-refractivity contribution is 0.0114. The van der Waals surface area contributed by atoms with Crippen molar-refractivity contribution in [2.24, 2.45) is 0 Å². The molecule has 7 nitrogen and oxygen atoms in total. The molecule has 3 heterocycles. The molecule has 0 bridgehead atoms. The predicted molar refractivity (Wildman–Crippen MR) is 79.3 cm³/mol. The number of nitrogens with zero attached hydrogens (tertiary/aromatic N) is 3. The van der Waals surface area contributed by atoms with Gasteiger partial charge in [-0.15, -0.1) is 0 Å². The maximum absolute atomic E-state index is 9.19. The van der Waals surface area contributed by atoms with Gasteiger partial charge in [-0.3, -0.25) is 0 Å². The molecule has 1 fully saturated rings. The van der Waals surface area contributed by atoms with Crippen LogP contribution in [0.5, 0.6) is 0 Å². The lowest BCUT2D eigenvalue weighted by Crippen LogP contribution is -2.36. The average molecular weight is 297 g/mol. The van der Waals surface area contributed by atoms with Crippen LogP contribution in [0.2, 0.25) is 0 Å². The molecule has 0 saturated carbocycles. The molecular weight excluding hydrogens is 278 g/mol. The number of fused-ring (bicyclic) bond motifs is 1. The van der Waals surface area contributed by atoms with Gasteiger partial charge in [0.1, 0.15) is 11.9 Å². The van der Waals surface area contributed by atoms with Crippen molar-refractivity contribution < 1.29 is 9.84 Å². The molecule has 0 amide bonds. The Kier molecular flexibility index (Phi) is 3.86. The van der Waals surface area contributed by atoms with Crippen LogP contribution in [0.25, 0.3) is 0 Å². The Morgan fingerprint density at radius 1 is 1.50 bits per heavy atom. The van der Waals surface area contributed by atoms with Crippen LogP contribution in [0.1, 0.15) is 12.8 Å². The molecule has 2 atom stereocenters. The van der Waals surface area contributed by atoms with Crippen LogP contribution in [0.3, 0.4) is 0 Å². The van der Waals surface area contributed by atoms with E-state index in [-0.39, 0.29) is 18.9 Å². The molecule has 20 heavy (non-hydrogen) atoms. The van der Waals surface area contributed by atoms with Gasteiger partial charge in [0.05, 0.1) is 19.4 Å². The number of aliphatic hydroxyl groups excluding tert-OH is 1. The minimum Gasteiger partial charge on any atom is -0.394 e. The second-order valence-electron chi connectivity index (χ2n) is 4.78. The van der Waals surface area contributed by atoms with Gasteiger partial charge < -0.3 is 25.4 Å². The first-order valence-electron chi connectivity index (χ1n) is 6.67. The van der Waals surface area contributed by atoms with E-state index in [1.165, 1.54) is 11.8 Å². The third-order valence-corrected chi connectivity index (χ3v) is 4.17. The second kappa shape index (κ2) is 5.63. The third-order valence-electron chi connectivity index (χ3n) is 3.62. The minimum absolute atomic E-state index is 0.0322. The summed E-state index contributed by atoms with van der Waals surface area (Å²) in [7, 11) is 1.85. The van der Waals surface area contributed by atoms with Gasteiger partial charge in [0.25, 0.3) is 0 Å². The normalized spacial score (nSPS) is 24.6. The smallest absolute Gasteiger partial charge is 0.191 e. The Morgan fingerprint density at radius 2 is 2.35 bits per heavy atom. The summed E-state index contributed by atoms with van der Waals surface area (Å²) in [6.45, 7) is 0.728. The lowest BCUT2D eigenvalue weighted by atomic mass is 10.2. The monoisotopic (exact) mass is 297 g/mol. The first kappa shape index (κ1) is 13.7. The van der Waals surface area contributed by atoms with Crippen LogP contribution in [-0.4, -0.2) is 54.0 Å². The first-order chi connectivity index (χ1) is 9.76. The summed E-state index contributed by atoms with van der Waals surface area (Å²) in [5, 5.41) is 16.3. The third kappa shape index (κ3) is 2.27. The predicted octanol–water partition coefficient (Wildman–Crippen LogP) is 0.927. The van der Waals surface area contributed by atoms with Crippen molar-refractivity contribution in [3.63, 3.8) is 0 Å². The number of hydrogen-bond donors (Lipinski definition) is 3. The van der Waals surface area contributed by atoms with Gasteiger partial charge in [-0.25, -0.2) is 9.97 Å². The van der Waals surface area contributed by atoms with E-state index >= 15 is 0 Å². The van der Waals surface area contributed by atoms with Crippen LogP contribution in [-0.2, 0) is 4.74 Å². The lowest BCUT2D eigenvalue weighted by Gasteiger charge is -2.24. The van der Waals surface area contributed by atoms with Gasteiger partial charge in [-0.05, 0) is 19.1 Å². The number of thioether (sulfide) groups is 1. The summed E-state index contributed by atoms with van der Waals surface area (Å²) in [5.41, 5.74) is 0.918. The molecular formula is C12H19N5O2S. The molecule has 8 heteroatoms. The Hall–Kier alpha value is -1.25. The standard InChI is InChI=1S/C12H19N5O2S/c1-13-10-9-11(16-12(15-10)20-2)17(6-14-9)8-4-3-7(5-18)19-8/h7-8,14,18H,3-6H2,1-2H3,(H,13,15,16). The van der Waals surface area contributed by atoms with Crippen molar-refractivity contribution in [2.75, 3.05) is 42.1 Å². The SMILES string of the molecule is CNc1nc(SC)nc2c1NCN2C1CCC(CO)O1. The van der Waals surface area contributed by atoms with Crippen LogP contribution in [0.4, 0.5) is 17.3 Å². The highest BCUT2D eigenvalue weighted by Crippen LogP contribution is 2.39. The summed E-state index contributed by atoms with van der Waals surface area (Å²) < 4.78 is 5.85. The zero-order valence-electron chi connectivity index (χ0n) is 11.6. The Morgan fingerprint density at radius 3 is 3.00 bits per heavy atom. The highest BCUT2D eigenvalue weighted by atomic mass is 32.2. The van der Waals surface area contributed by atoms with Gasteiger partial charge in [0.15, 0.2) is 16.8 Å². The molecule has 0 aromatic carbocycles. The highest BCUT2D eigenvalue weighted by molar-refractivity contribution is 7.98. The van der Waals surface area contributed by atoms with Gasteiger partial charge in [0, 0.05) is 7.05 Å². The maximum Gasteiger partial charge on any atom is 0.191 e. The molecule has 110 valence electrons. The fraction of sp³-hybridized carbons (Fsp3) is 0.667. The average Bonchev–Trinajstić information content (AvgIpc) is 3.11. The van der Waals surface area contributed by atoms with Crippen molar-refractivity contribution in [3.05, 3.63) is 0 Å². The molecule has 2 unspecified atom stereocenters. The second-order valence-corrected chi connectivity index (χ2v) is 5.56. The van der Waals surface area contributed by atoms with E-state index in [4.69, 9.17) is 4.74 Å². The van der Waals surface area contributed by atoms with Crippen molar-refractivity contribution in [3.8, 4) is 0 Å². The fourth-order valence-electron chi connectivity index (χ4n) is 2.60. The summed E-state index contributed by atoms with van der Waals surface area (Å²) in [6, 6.07) is 0. The first-order valence-corrected chi connectivity index (χ1v) is 7.90. The molecule has 1 aromatic rings. The molecule has 0 aliphatic carbocycles. The van der Waals surface area contributed by atoms with Crippen molar-refractivity contribution >= 4 is 29.1 Å². The number of aromatic nitrogens is 2. The van der Waals surface area contributed by atoms with E-state index in [1.807, 2.05) is 13.3 Å². The Labute approximate surface area is 122 Å². The van der Waals surface area contributed by atoms with E-state index in [2.05, 4.69) is 25.5 Å². The molecule has 3 rings (SSSR count). The van der Waals surface area contributed by atoms with E-state index in [0.717, 1.165) is 35.3 Å². The summed E-state index contributed by atoms with van der Waals surface area (Å²) in [5.74, 6) is 1.68. The van der Waals surface area contributed by atoms with E-state index in [1.54, 1.807) is 0 Å². The van der Waals surface area contributed by atoms with Crippen molar-refractivity contribution in [1.29, 1.82) is 0 Å². The van der Waals surface area contributed by atoms with Gasteiger partial charge >= 0.3 is 0 Å². The van der Waals surface area contributed by atoms with Crippen LogP contribution < -0.4 is 15.5 Å². The topological polar surface area (TPSA) is 82.5 Å². The molecule has 0 spiro atoms. The number of aliphatic hydroxyl groups is 1. The Balaban J connectivity index is 1.89. The number of rotatable bonds is 4. The van der Waals surface area contributed by atoms with E-state index < -0.39 is 0 Å². The zero-order chi connectivity index (χ0) is 14.1. The molecule has 3 N–H and O–H groups in total. The van der Waals surface area contributed by atoms with Crippen molar-refractivity contribution in [1.82, 2.24) is 9.97 Å². The van der Waals surface area contributed by atoms with Crippen LogP contribution >= 0.6 is 11.8 Å². The zero-order valence-corrected chi connectivity index (χ0v) is 12.4. The van der Waals surface area contributed by atoms with Gasteiger partial charge in [-0.1, -0.05) is 11.8 Å². The van der Waals surface area contributed by atoms with E-state index in [0.29, 0.717) is 6.67 Å².